The summed E-state index contributed by atoms with van der Waals surface area (Å²) in [5.74, 6) is -0.318. The number of carbonyl (C=O) groups is 1. The van der Waals surface area contributed by atoms with Crippen LogP contribution in [0.2, 0.25) is 5.02 Å². The molecule has 1 N–H and O–H groups in total. The third-order valence-electron chi connectivity index (χ3n) is 3.69. The van der Waals surface area contributed by atoms with E-state index < -0.39 is 0 Å². The maximum atomic E-state index is 12.6. The standard InChI is InChI=1S/C17H12BrClN6O/c18-14-15(23-25-6-2-5-20-16(14)25)17(26)22-13-4-1-3-11(7-13)9-24-10-12(19)8-21-24/h1-8,10H,9H2,(H,22,26). The second-order valence-electron chi connectivity index (χ2n) is 5.56. The van der Waals surface area contributed by atoms with Crippen molar-refractivity contribution < 1.29 is 4.79 Å². The SMILES string of the molecule is O=C(Nc1cccc(Cn2cc(Cl)cn2)c1)c1nn2cccnc2c1Br. The summed E-state index contributed by atoms with van der Waals surface area (Å²) in [6, 6.07) is 9.28. The molecule has 1 aromatic carbocycles. The van der Waals surface area contributed by atoms with Crippen LogP contribution in [0.4, 0.5) is 5.69 Å². The molecule has 0 aliphatic carbocycles. The smallest absolute Gasteiger partial charge is 0.277 e. The van der Waals surface area contributed by atoms with Crippen molar-refractivity contribution in [3.8, 4) is 0 Å². The molecule has 0 aliphatic rings. The number of halogens is 2. The summed E-state index contributed by atoms with van der Waals surface area (Å²) in [7, 11) is 0. The average molecular weight is 432 g/mol. The maximum Gasteiger partial charge on any atom is 0.277 e. The van der Waals surface area contributed by atoms with Gasteiger partial charge in [-0.1, -0.05) is 23.7 Å². The summed E-state index contributed by atoms with van der Waals surface area (Å²) in [6.45, 7) is 0.554. The van der Waals surface area contributed by atoms with Gasteiger partial charge in [-0.2, -0.15) is 10.2 Å². The van der Waals surface area contributed by atoms with E-state index in [2.05, 4.69) is 36.4 Å². The van der Waals surface area contributed by atoms with Gasteiger partial charge in [-0.05, 0) is 39.7 Å². The molecular formula is C17H12BrClN6O. The molecule has 0 saturated heterocycles. The number of aromatic nitrogens is 5. The van der Waals surface area contributed by atoms with Gasteiger partial charge in [0.25, 0.3) is 5.91 Å². The van der Waals surface area contributed by atoms with E-state index in [-0.39, 0.29) is 11.6 Å². The van der Waals surface area contributed by atoms with Crippen molar-refractivity contribution in [2.45, 2.75) is 6.54 Å². The van der Waals surface area contributed by atoms with Crippen molar-refractivity contribution in [1.29, 1.82) is 0 Å². The van der Waals surface area contributed by atoms with E-state index in [9.17, 15) is 4.79 Å². The number of hydrogen-bond donors (Lipinski definition) is 1. The van der Waals surface area contributed by atoms with Crippen LogP contribution in [0.15, 0.2) is 59.6 Å². The number of anilines is 1. The number of benzene rings is 1. The van der Waals surface area contributed by atoms with Crippen LogP contribution in [0.25, 0.3) is 5.65 Å². The van der Waals surface area contributed by atoms with Crippen molar-refractivity contribution in [2.24, 2.45) is 0 Å². The predicted molar refractivity (Wildman–Crippen MR) is 101 cm³/mol. The number of carbonyl (C=O) groups excluding carboxylic acids is 1. The second-order valence-corrected chi connectivity index (χ2v) is 6.79. The van der Waals surface area contributed by atoms with Crippen molar-refractivity contribution in [3.63, 3.8) is 0 Å². The maximum absolute atomic E-state index is 12.6. The van der Waals surface area contributed by atoms with Crippen molar-refractivity contribution >= 4 is 44.8 Å². The summed E-state index contributed by atoms with van der Waals surface area (Å²) in [4.78, 5) is 16.8. The molecular weight excluding hydrogens is 420 g/mol. The molecule has 0 bridgehead atoms. The fourth-order valence-electron chi connectivity index (χ4n) is 2.55. The number of rotatable bonds is 4. The van der Waals surface area contributed by atoms with Crippen LogP contribution >= 0.6 is 27.5 Å². The van der Waals surface area contributed by atoms with Crippen LogP contribution < -0.4 is 5.32 Å². The third-order valence-corrected chi connectivity index (χ3v) is 4.61. The summed E-state index contributed by atoms with van der Waals surface area (Å²) >= 11 is 9.28. The molecule has 7 nitrogen and oxygen atoms in total. The lowest BCUT2D eigenvalue weighted by atomic mass is 10.2. The van der Waals surface area contributed by atoms with E-state index in [0.29, 0.717) is 27.4 Å². The Morgan fingerprint density at radius 1 is 1.31 bits per heavy atom. The number of nitrogens with zero attached hydrogens (tertiary/aromatic N) is 5. The summed E-state index contributed by atoms with van der Waals surface area (Å²) in [5, 5.41) is 11.9. The average Bonchev–Trinajstić information content (AvgIpc) is 3.19. The molecule has 0 saturated carbocycles. The molecule has 0 aliphatic heterocycles. The Bertz CT molecular complexity index is 1110. The Hall–Kier alpha value is -2.71. The van der Waals surface area contributed by atoms with Crippen LogP contribution in [0.3, 0.4) is 0 Å². The minimum Gasteiger partial charge on any atom is -0.321 e. The second kappa shape index (κ2) is 6.89. The third kappa shape index (κ3) is 3.33. The molecule has 0 spiro atoms. The van der Waals surface area contributed by atoms with E-state index in [0.717, 1.165) is 5.56 Å². The summed E-state index contributed by atoms with van der Waals surface area (Å²) in [6.07, 6.45) is 6.71. The van der Waals surface area contributed by atoms with Gasteiger partial charge in [0, 0.05) is 24.3 Å². The monoisotopic (exact) mass is 430 g/mol. The summed E-state index contributed by atoms with van der Waals surface area (Å²) < 4.78 is 3.84. The molecule has 4 aromatic rings. The number of nitrogens with one attached hydrogen (secondary N) is 1. The first-order valence-electron chi connectivity index (χ1n) is 7.67. The van der Waals surface area contributed by atoms with Gasteiger partial charge in [-0.25, -0.2) is 9.50 Å². The minimum absolute atomic E-state index is 0.271. The van der Waals surface area contributed by atoms with E-state index in [1.165, 1.54) is 0 Å². The Labute approximate surface area is 161 Å². The Balaban J connectivity index is 1.55. The normalized spacial score (nSPS) is 11.0. The number of hydrogen-bond acceptors (Lipinski definition) is 4. The Morgan fingerprint density at radius 3 is 2.96 bits per heavy atom. The van der Waals surface area contributed by atoms with Gasteiger partial charge in [-0.15, -0.1) is 0 Å². The van der Waals surface area contributed by atoms with Crippen molar-refractivity contribution in [2.75, 3.05) is 5.32 Å². The van der Waals surface area contributed by atoms with Gasteiger partial charge >= 0.3 is 0 Å². The van der Waals surface area contributed by atoms with Gasteiger partial charge < -0.3 is 5.32 Å². The zero-order valence-corrected chi connectivity index (χ0v) is 15.6. The lowest BCUT2D eigenvalue weighted by Crippen LogP contribution is -2.13. The molecule has 3 heterocycles. The molecule has 4 rings (SSSR count). The molecule has 0 unspecified atom stereocenters. The molecule has 9 heteroatoms. The van der Waals surface area contributed by atoms with Crippen LogP contribution in [0, 0.1) is 0 Å². The van der Waals surface area contributed by atoms with Gasteiger partial charge in [0.15, 0.2) is 11.3 Å². The molecule has 1 amide bonds. The first-order valence-corrected chi connectivity index (χ1v) is 8.84. The largest absolute Gasteiger partial charge is 0.321 e. The molecule has 26 heavy (non-hydrogen) atoms. The van der Waals surface area contributed by atoms with E-state index >= 15 is 0 Å². The van der Waals surface area contributed by atoms with Crippen LogP contribution in [-0.2, 0) is 6.54 Å². The summed E-state index contributed by atoms with van der Waals surface area (Å²) in [5.41, 5.74) is 2.51. The minimum atomic E-state index is -0.318. The number of fused-ring (bicyclic) bond motifs is 1. The highest BCUT2D eigenvalue weighted by molar-refractivity contribution is 9.10. The predicted octanol–water partition coefficient (Wildman–Crippen LogP) is 3.64. The Kier molecular flexibility index (Phi) is 4.44. The van der Waals surface area contributed by atoms with Crippen molar-refractivity contribution in [1.82, 2.24) is 24.4 Å². The van der Waals surface area contributed by atoms with Gasteiger partial charge in [-0.3, -0.25) is 9.48 Å². The highest BCUT2D eigenvalue weighted by Gasteiger charge is 2.18. The van der Waals surface area contributed by atoms with Crippen LogP contribution in [0.1, 0.15) is 16.1 Å². The first-order chi connectivity index (χ1) is 12.6. The van der Waals surface area contributed by atoms with Crippen molar-refractivity contribution in [3.05, 3.63) is 75.9 Å². The highest BCUT2D eigenvalue weighted by atomic mass is 79.9. The van der Waals surface area contributed by atoms with Gasteiger partial charge in [0.1, 0.15) is 0 Å². The van der Waals surface area contributed by atoms with Crippen LogP contribution in [0.5, 0.6) is 0 Å². The quantitative estimate of drug-likeness (QED) is 0.535. The lowest BCUT2D eigenvalue weighted by Gasteiger charge is -2.07. The first kappa shape index (κ1) is 16.7. The lowest BCUT2D eigenvalue weighted by molar-refractivity contribution is 0.102. The molecule has 130 valence electrons. The van der Waals surface area contributed by atoms with E-state index in [1.807, 2.05) is 24.3 Å². The Morgan fingerprint density at radius 2 is 2.19 bits per heavy atom. The fraction of sp³-hybridized carbons (Fsp3) is 0.0588. The topological polar surface area (TPSA) is 77.1 Å². The van der Waals surface area contributed by atoms with Crippen LogP contribution in [-0.4, -0.2) is 30.3 Å². The molecule has 0 atom stereocenters. The molecule has 0 fully saturated rings. The number of amides is 1. The van der Waals surface area contributed by atoms with E-state index in [1.54, 1.807) is 40.1 Å². The zero-order valence-electron chi connectivity index (χ0n) is 13.3. The highest BCUT2D eigenvalue weighted by Crippen LogP contribution is 2.22. The molecule has 0 radical (unpaired) electrons. The van der Waals surface area contributed by atoms with Gasteiger partial charge in [0.2, 0.25) is 0 Å². The fourth-order valence-corrected chi connectivity index (χ4v) is 3.25. The van der Waals surface area contributed by atoms with E-state index in [4.69, 9.17) is 11.6 Å². The van der Waals surface area contributed by atoms with Gasteiger partial charge in [0.05, 0.1) is 22.2 Å². The zero-order chi connectivity index (χ0) is 18.1. The molecule has 3 aromatic heterocycles.